The van der Waals surface area contributed by atoms with E-state index in [0.717, 1.165) is 29.9 Å². The van der Waals surface area contributed by atoms with E-state index in [9.17, 15) is 9.59 Å². The lowest BCUT2D eigenvalue weighted by Crippen LogP contribution is -2.46. The Labute approximate surface area is 151 Å². The second-order valence-electron chi connectivity index (χ2n) is 7.70. The van der Waals surface area contributed by atoms with E-state index in [0.29, 0.717) is 18.4 Å². The first-order valence-corrected chi connectivity index (χ1v) is 9.08. The summed E-state index contributed by atoms with van der Waals surface area (Å²) in [4.78, 5) is 28.5. The zero-order valence-corrected chi connectivity index (χ0v) is 16.1. The molecule has 0 radical (unpaired) electrons. The van der Waals surface area contributed by atoms with E-state index in [2.05, 4.69) is 24.1 Å². The first-order chi connectivity index (χ1) is 11.8. The molecule has 138 valence electrons. The molecule has 0 saturated carbocycles. The highest BCUT2D eigenvalue weighted by Crippen LogP contribution is 2.21. The van der Waals surface area contributed by atoms with Crippen molar-refractivity contribution in [2.45, 2.75) is 34.1 Å². The Hall–Kier alpha value is -1.88. The van der Waals surface area contributed by atoms with Gasteiger partial charge in [-0.25, -0.2) is 0 Å². The van der Waals surface area contributed by atoms with Crippen LogP contribution in [-0.4, -0.2) is 54.8 Å². The van der Waals surface area contributed by atoms with Gasteiger partial charge in [-0.2, -0.15) is 0 Å². The number of hydrogen-bond donors (Lipinski definition) is 1. The highest BCUT2D eigenvalue weighted by atomic mass is 16.2. The van der Waals surface area contributed by atoms with Gasteiger partial charge in [0.1, 0.15) is 0 Å². The molecular weight excluding hydrogens is 314 g/mol. The predicted molar refractivity (Wildman–Crippen MR) is 102 cm³/mol. The average molecular weight is 345 g/mol. The number of nitrogens with one attached hydrogen (secondary N) is 1. The van der Waals surface area contributed by atoms with Gasteiger partial charge in [0.15, 0.2) is 0 Å². The molecule has 1 aromatic rings. The SMILES string of the molecule is Cc1cccc(C)c1NC(=O)CN(C)C(=O)CN1C[C@@H](C)C[C@H](C)C1. The van der Waals surface area contributed by atoms with Gasteiger partial charge in [-0.3, -0.25) is 14.5 Å². The van der Waals surface area contributed by atoms with E-state index in [1.807, 2.05) is 32.0 Å². The standard InChI is InChI=1S/C20H31N3O2/c1-14-9-15(2)11-23(10-14)13-19(25)22(5)12-18(24)21-20-16(3)7-6-8-17(20)4/h6-8,14-15H,9-13H2,1-5H3,(H,21,24)/t14-,15-/m0/s1. The first-order valence-electron chi connectivity index (χ1n) is 9.08. The summed E-state index contributed by atoms with van der Waals surface area (Å²) in [5.74, 6) is 1.08. The van der Waals surface area contributed by atoms with Crippen LogP contribution in [0, 0.1) is 25.7 Å². The quantitative estimate of drug-likeness (QED) is 0.893. The molecule has 1 heterocycles. The van der Waals surface area contributed by atoms with Gasteiger partial charge in [0, 0.05) is 25.8 Å². The molecule has 1 aliphatic heterocycles. The number of likely N-dealkylation sites (tertiary alicyclic amines) is 1. The zero-order chi connectivity index (χ0) is 18.6. The lowest BCUT2D eigenvalue weighted by Gasteiger charge is -2.35. The molecular formula is C20H31N3O2. The van der Waals surface area contributed by atoms with E-state index in [1.54, 1.807) is 7.05 Å². The van der Waals surface area contributed by atoms with Gasteiger partial charge in [0.25, 0.3) is 0 Å². The highest BCUT2D eigenvalue weighted by molar-refractivity contribution is 5.95. The molecule has 2 amide bonds. The van der Waals surface area contributed by atoms with Crippen LogP contribution in [-0.2, 0) is 9.59 Å². The fourth-order valence-corrected chi connectivity index (χ4v) is 3.73. The van der Waals surface area contributed by atoms with Gasteiger partial charge in [0.2, 0.25) is 11.8 Å². The molecule has 5 nitrogen and oxygen atoms in total. The Bertz CT molecular complexity index is 599. The number of rotatable bonds is 5. The minimum Gasteiger partial charge on any atom is -0.335 e. The molecule has 1 aromatic carbocycles. The molecule has 1 saturated heterocycles. The summed E-state index contributed by atoms with van der Waals surface area (Å²) in [6.45, 7) is 10.8. The van der Waals surface area contributed by atoms with Gasteiger partial charge < -0.3 is 10.2 Å². The normalized spacial score (nSPS) is 21.0. The van der Waals surface area contributed by atoms with E-state index < -0.39 is 0 Å². The summed E-state index contributed by atoms with van der Waals surface area (Å²) in [5, 5.41) is 2.94. The van der Waals surface area contributed by atoms with Crippen LogP contribution in [0.5, 0.6) is 0 Å². The van der Waals surface area contributed by atoms with Gasteiger partial charge in [0.05, 0.1) is 13.1 Å². The van der Waals surface area contributed by atoms with Crippen LogP contribution in [0.4, 0.5) is 5.69 Å². The number of para-hydroxylation sites is 1. The molecule has 0 unspecified atom stereocenters. The van der Waals surface area contributed by atoms with Crippen LogP contribution >= 0.6 is 0 Å². The minimum atomic E-state index is -0.159. The molecule has 1 fully saturated rings. The second kappa shape index (κ2) is 8.48. The Morgan fingerprint density at radius 2 is 1.72 bits per heavy atom. The monoisotopic (exact) mass is 345 g/mol. The number of carbonyl (C=O) groups excluding carboxylic acids is 2. The van der Waals surface area contributed by atoms with E-state index in [4.69, 9.17) is 0 Å². The summed E-state index contributed by atoms with van der Waals surface area (Å²) in [6, 6.07) is 5.91. The van der Waals surface area contributed by atoms with Crippen molar-refractivity contribution >= 4 is 17.5 Å². The van der Waals surface area contributed by atoms with Crippen molar-refractivity contribution < 1.29 is 9.59 Å². The van der Waals surface area contributed by atoms with Crippen LogP contribution in [0.15, 0.2) is 18.2 Å². The highest BCUT2D eigenvalue weighted by Gasteiger charge is 2.24. The van der Waals surface area contributed by atoms with E-state index in [-0.39, 0.29) is 18.4 Å². The largest absolute Gasteiger partial charge is 0.335 e. The summed E-state index contributed by atoms with van der Waals surface area (Å²) >= 11 is 0. The summed E-state index contributed by atoms with van der Waals surface area (Å²) in [6.07, 6.45) is 1.22. The number of nitrogens with zero attached hydrogens (tertiary/aromatic N) is 2. The minimum absolute atomic E-state index is 0.00189. The Kier molecular flexibility index (Phi) is 6.59. The first kappa shape index (κ1) is 19.4. The maximum atomic E-state index is 12.5. The van der Waals surface area contributed by atoms with Gasteiger partial charge in [-0.15, -0.1) is 0 Å². The summed E-state index contributed by atoms with van der Waals surface area (Å²) in [5.41, 5.74) is 2.89. The third-order valence-corrected chi connectivity index (χ3v) is 4.86. The van der Waals surface area contributed by atoms with Crippen molar-refractivity contribution in [3.8, 4) is 0 Å². The lowest BCUT2D eigenvalue weighted by atomic mass is 9.92. The molecule has 0 aliphatic carbocycles. The fourth-order valence-electron chi connectivity index (χ4n) is 3.73. The van der Waals surface area contributed by atoms with E-state index in [1.165, 1.54) is 11.3 Å². The Morgan fingerprint density at radius 1 is 1.16 bits per heavy atom. The van der Waals surface area contributed by atoms with Crippen LogP contribution in [0.25, 0.3) is 0 Å². The maximum absolute atomic E-state index is 12.5. The molecule has 5 heteroatoms. The third-order valence-electron chi connectivity index (χ3n) is 4.86. The van der Waals surface area contributed by atoms with Crippen molar-refractivity contribution in [3.05, 3.63) is 29.3 Å². The zero-order valence-electron chi connectivity index (χ0n) is 16.1. The van der Waals surface area contributed by atoms with Crippen molar-refractivity contribution in [3.63, 3.8) is 0 Å². The van der Waals surface area contributed by atoms with Crippen molar-refractivity contribution in [2.75, 3.05) is 38.5 Å². The predicted octanol–water partition coefficient (Wildman–Crippen LogP) is 2.68. The van der Waals surface area contributed by atoms with Crippen LogP contribution < -0.4 is 5.32 Å². The number of anilines is 1. The number of benzene rings is 1. The molecule has 1 aliphatic rings. The lowest BCUT2D eigenvalue weighted by molar-refractivity contribution is -0.134. The van der Waals surface area contributed by atoms with Crippen molar-refractivity contribution in [1.29, 1.82) is 0 Å². The second-order valence-corrected chi connectivity index (χ2v) is 7.70. The van der Waals surface area contributed by atoms with Crippen molar-refractivity contribution in [1.82, 2.24) is 9.80 Å². The molecule has 0 spiro atoms. The Morgan fingerprint density at radius 3 is 2.28 bits per heavy atom. The molecule has 25 heavy (non-hydrogen) atoms. The number of amides is 2. The smallest absolute Gasteiger partial charge is 0.243 e. The number of carbonyl (C=O) groups is 2. The van der Waals surface area contributed by atoms with Gasteiger partial charge >= 0.3 is 0 Å². The molecule has 0 bridgehead atoms. The third kappa shape index (κ3) is 5.56. The molecule has 1 N–H and O–H groups in total. The number of piperidine rings is 1. The average Bonchev–Trinajstić information content (AvgIpc) is 2.50. The number of likely N-dealkylation sites (N-methyl/N-ethyl adjacent to an activating group) is 1. The summed E-state index contributed by atoms with van der Waals surface area (Å²) in [7, 11) is 1.70. The fraction of sp³-hybridized carbons (Fsp3) is 0.600. The van der Waals surface area contributed by atoms with Gasteiger partial charge in [-0.05, 0) is 43.2 Å². The number of hydrogen-bond acceptors (Lipinski definition) is 3. The van der Waals surface area contributed by atoms with Crippen LogP contribution in [0.2, 0.25) is 0 Å². The topological polar surface area (TPSA) is 52.7 Å². The molecule has 2 atom stereocenters. The maximum Gasteiger partial charge on any atom is 0.243 e. The van der Waals surface area contributed by atoms with Crippen molar-refractivity contribution in [2.24, 2.45) is 11.8 Å². The number of aryl methyl sites for hydroxylation is 2. The van der Waals surface area contributed by atoms with E-state index >= 15 is 0 Å². The molecule has 2 rings (SSSR count). The molecule has 0 aromatic heterocycles. The van der Waals surface area contributed by atoms with Crippen LogP contribution in [0.3, 0.4) is 0 Å². The van der Waals surface area contributed by atoms with Crippen LogP contribution in [0.1, 0.15) is 31.4 Å². The Balaban J connectivity index is 1.87. The van der Waals surface area contributed by atoms with Gasteiger partial charge in [-0.1, -0.05) is 32.0 Å². The summed E-state index contributed by atoms with van der Waals surface area (Å²) < 4.78 is 0.